The molecule has 0 bridgehead atoms. The van der Waals surface area contributed by atoms with Crippen LogP contribution in [0.5, 0.6) is 11.5 Å². The third-order valence-corrected chi connectivity index (χ3v) is 2.88. The van der Waals surface area contributed by atoms with Crippen LogP contribution in [0.3, 0.4) is 0 Å². The first-order valence-corrected chi connectivity index (χ1v) is 6.75. The second kappa shape index (κ2) is 7.33. The molecule has 2 aromatic rings. The Hall–Kier alpha value is -2.49. The van der Waals surface area contributed by atoms with E-state index in [4.69, 9.17) is 9.47 Å². The van der Waals surface area contributed by atoms with Crippen LogP contribution in [0.4, 0.5) is 0 Å². The molecule has 2 aromatic carbocycles. The van der Waals surface area contributed by atoms with Crippen molar-refractivity contribution in [3.63, 3.8) is 0 Å². The predicted molar refractivity (Wildman–Crippen MR) is 85.0 cm³/mol. The molecular weight excluding hydrogens is 264 g/mol. The molecule has 4 nitrogen and oxygen atoms in total. The van der Waals surface area contributed by atoms with Gasteiger partial charge in [-0.3, -0.25) is 0 Å². The summed E-state index contributed by atoms with van der Waals surface area (Å²) in [6, 6.07) is 15.8. The summed E-state index contributed by atoms with van der Waals surface area (Å²) < 4.78 is 11.3. The number of hydrogen-bond acceptors (Lipinski definition) is 4. The molecule has 0 spiro atoms. The van der Waals surface area contributed by atoms with Crippen molar-refractivity contribution in [3.8, 4) is 11.5 Å². The smallest absolute Gasteiger partial charge is 0.170 e. The van der Waals surface area contributed by atoms with Crippen LogP contribution in [0.1, 0.15) is 11.1 Å². The van der Waals surface area contributed by atoms with Gasteiger partial charge in [0.05, 0.1) is 13.3 Å². The van der Waals surface area contributed by atoms with E-state index in [9.17, 15) is 0 Å². The average Bonchev–Trinajstić information content (AvgIpc) is 2.52. The number of rotatable bonds is 6. The van der Waals surface area contributed by atoms with E-state index in [0.717, 1.165) is 11.1 Å². The van der Waals surface area contributed by atoms with Crippen LogP contribution in [-0.2, 0) is 6.61 Å². The largest absolute Gasteiger partial charge is 0.493 e. The Kier molecular flexibility index (Phi) is 5.21. The molecule has 0 aliphatic heterocycles. The molecule has 0 heterocycles. The Morgan fingerprint density at radius 2 is 1.81 bits per heavy atom. The lowest BCUT2D eigenvalue weighted by molar-refractivity contribution is 0.284. The van der Waals surface area contributed by atoms with E-state index in [0.29, 0.717) is 18.1 Å². The molecule has 110 valence electrons. The molecule has 0 atom stereocenters. The number of hydrazone groups is 1. The highest BCUT2D eigenvalue weighted by atomic mass is 16.5. The molecule has 0 saturated carbocycles. The van der Waals surface area contributed by atoms with Crippen LogP contribution >= 0.6 is 0 Å². The Bertz CT molecular complexity index is 595. The first-order chi connectivity index (χ1) is 10.2. The van der Waals surface area contributed by atoms with Gasteiger partial charge in [0.15, 0.2) is 11.5 Å². The fraction of sp³-hybridized carbons (Fsp3) is 0.235. The fourth-order valence-corrected chi connectivity index (χ4v) is 1.86. The van der Waals surface area contributed by atoms with Crippen LogP contribution in [-0.4, -0.2) is 32.4 Å². The van der Waals surface area contributed by atoms with Gasteiger partial charge in [0.25, 0.3) is 0 Å². The summed E-state index contributed by atoms with van der Waals surface area (Å²) in [5, 5.41) is 6.00. The first kappa shape index (κ1) is 14.9. The number of methoxy groups -OCH3 is 1. The Labute approximate surface area is 125 Å². The first-order valence-electron chi connectivity index (χ1n) is 6.75. The van der Waals surface area contributed by atoms with Crippen molar-refractivity contribution in [1.29, 1.82) is 0 Å². The molecule has 0 aromatic heterocycles. The van der Waals surface area contributed by atoms with E-state index < -0.39 is 0 Å². The van der Waals surface area contributed by atoms with E-state index >= 15 is 0 Å². The fourth-order valence-electron chi connectivity index (χ4n) is 1.86. The summed E-state index contributed by atoms with van der Waals surface area (Å²) in [5.74, 6) is 1.41. The van der Waals surface area contributed by atoms with Gasteiger partial charge in [-0.15, -0.1) is 0 Å². The molecule has 4 heteroatoms. The SMILES string of the molecule is COc1cccc(/C=N/N(C)C)c1OCc1ccccc1. The van der Waals surface area contributed by atoms with Crippen molar-refractivity contribution in [2.24, 2.45) is 5.10 Å². The van der Waals surface area contributed by atoms with Crippen LogP contribution in [0, 0.1) is 0 Å². The van der Waals surface area contributed by atoms with Crippen molar-refractivity contribution in [2.45, 2.75) is 6.61 Å². The number of hydrogen-bond donors (Lipinski definition) is 0. The normalized spacial score (nSPS) is 10.6. The lowest BCUT2D eigenvalue weighted by Gasteiger charge is -2.13. The lowest BCUT2D eigenvalue weighted by atomic mass is 10.2. The van der Waals surface area contributed by atoms with Crippen LogP contribution in [0.2, 0.25) is 0 Å². The molecule has 21 heavy (non-hydrogen) atoms. The zero-order valence-electron chi connectivity index (χ0n) is 12.6. The number of para-hydroxylation sites is 1. The van der Waals surface area contributed by atoms with Crippen molar-refractivity contribution < 1.29 is 9.47 Å². The standard InChI is InChI=1S/C17H20N2O2/c1-19(2)18-12-15-10-7-11-16(20-3)17(15)21-13-14-8-5-4-6-9-14/h4-12H,13H2,1-3H3/b18-12+. The molecule has 0 aliphatic carbocycles. The Morgan fingerprint density at radius 1 is 1.05 bits per heavy atom. The van der Waals surface area contributed by atoms with Crippen LogP contribution in [0.15, 0.2) is 53.6 Å². The Morgan fingerprint density at radius 3 is 2.48 bits per heavy atom. The predicted octanol–water partition coefficient (Wildman–Crippen LogP) is 3.17. The molecule has 0 saturated heterocycles. The molecule has 0 aliphatic rings. The monoisotopic (exact) mass is 284 g/mol. The van der Waals surface area contributed by atoms with Crippen molar-refractivity contribution in [2.75, 3.05) is 21.2 Å². The van der Waals surface area contributed by atoms with Gasteiger partial charge in [0.1, 0.15) is 6.61 Å². The van der Waals surface area contributed by atoms with Gasteiger partial charge < -0.3 is 14.5 Å². The Balaban J connectivity index is 2.23. The molecule has 0 N–H and O–H groups in total. The third kappa shape index (κ3) is 4.24. The zero-order chi connectivity index (χ0) is 15.1. The van der Waals surface area contributed by atoms with Crippen molar-refractivity contribution in [3.05, 3.63) is 59.7 Å². The second-order valence-electron chi connectivity index (χ2n) is 4.74. The quantitative estimate of drug-likeness (QED) is 0.603. The minimum atomic E-state index is 0.490. The topological polar surface area (TPSA) is 34.1 Å². The summed E-state index contributed by atoms with van der Waals surface area (Å²) in [4.78, 5) is 0. The van der Waals surface area contributed by atoms with Gasteiger partial charge in [0.2, 0.25) is 0 Å². The van der Waals surface area contributed by atoms with Gasteiger partial charge in [0, 0.05) is 19.7 Å². The summed E-state index contributed by atoms with van der Waals surface area (Å²) in [5.41, 5.74) is 2.00. The van der Waals surface area contributed by atoms with Gasteiger partial charge in [-0.05, 0) is 17.7 Å². The van der Waals surface area contributed by atoms with Crippen molar-refractivity contribution in [1.82, 2.24) is 5.01 Å². The minimum Gasteiger partial charge on any atom is -0.493 e. The maximum atomic E-state index is 5.94. The van der Waals surface area contributed by atoms with Gasteiger partial charge in [-0.25, -0.2) is 0 Å². The van der Waals surface area contributed by atoms with E-state index in [2.05, 4.69) is 5.10 Å². The van der Waals surface area contributed by atoms with E-state index in [1.165, 1.54) is 0 Å². The molecular formula is C17H20N2O2. The maximum Gasteiger partial charge on any atom is 0.170 e. The molecule has 0 amide bonds. The molecule has 0 fully saturated rings. The van der Waals surface area contributed by atoms with Gasteiger partial charge in [-0.1, -0.05) is 36.4 Å². The highest BCUT2D eigenvalue weighted by Crippen LogP contribution is 2.30. The van der Waals surface area contributed by atoms with Gasteiger partial charge >= 0.3 is 0 Å². The second-order valence-corrected chi connectivity index (χ2v) is 4.74. The van der Waals surface area contributed by atoms with Crippen LogP contribution < -0.4 is 9.47 Å². The van der Waals surface area contributed by atoms with Crippen molar-refractivity contribution >= 4 is 6.21 Å². The van der Waals surface area contributed by atoms with E-state index in [1.54, 1.807) is 18.3 Å². The summed E-state index contributed by atoms with van der Waals surface area (Å²) in [6.07, 6.45) is 1.77. The third-order valence-electron chi connectivity index (χ3n) is 2.88. The molecule has 2 rings (SSSR count). The molecule has 0 unspecified atom stereocenters. The summed E-state index contributed by atoms with van der Waals surface area (Å²) in [7, 11) is 5.39. The summed E-state index contributed by atoms with van der Waals surface area (Å²) in [6.45, 7) is 0.490. The van der Waals surface area contributed by atoms with E-state index in [-0.39, 0.29) is 0 Å². The average molecular weight is 284 g/mol. The highest BCUT2D eigenvalue weighted by Gasteiger charge is 2.09. The zero-order valence-corrected chi connectivity index (χ0v) is 12.6. The van der Waals surface area contributed by atoms with Crippen LogP contribution in [0.25, 0.3) is 0 Å². The van der Waals surface area contributed by atoms with E-state index in [1.807, 2.05) is 62.6 Å². The number of benzene rings is 2. The minimum absolute atomic E-state index is 0.490. The number of ether oxygens (including phenoxy) is 2. The summed E-state index contributed by atoms with van der Waals surface area (Å²) >= 11 is 0. The number of nitrogens with zero attached hydrogens (tertiary/aromatic N) is 2. The highest BCUT2D eigenvalue weighted by molar-refractivity contribution is 5.84. The van der Waals surface area contributed by atoms with Gasteiger partial charge in [-0.2, -0.15) is 5.10 Å². The maximum absolute atomic E-state index is 5.94. The lowest BCUT2D eigenvalue weighted by Crippen LogP contribution is -2.04. The molecule has 0 radical (unpaired) electrons.